The molecule has 0 N–H and O–H groups in total. The summed E-state index contributed by atoms with van der Waals surface area (Å²) in [7, 11) is 1.65. The fourth-order valence-corrected chi connectivity index (χ4v) is 1.42. The first-order chi connectivity index (χ1) is 5.77. The quantitative estimate of drug-likeness (QED) is 0.745. The average Bonchev–Trinajstić information content (AvgIpc) is 2.09. The second-order valence-corrected chi connectivity index (χ2v) is 3.34. The Hall–Kier alpha value is -0.570. The van der Waals surface area contributed by atoms with Gasteiger partial charge in [0, 0.05) is 6.20 Å². The molecular formula is C9H12BrNO. The third-order valence-corrected chi connectivity index (χ3v) is 2.22. The van der Waals surface area contributed by atoms with Crippen molar-refractivity contribution < 1.29 is 4.74 Å². The molecule has 0 spiro atoms. The SMILES string of the molecule is CCCc1cnc(Br)c(OC)c1. The van der Waals surface area contributed by atoms with Crippen LogP contribution in [0.15, 0.2) is 16.9 Å². The van der Waals surface area contributed by atoms with Crippen LogP contribution >= 0.6 is 15.9 Å². The molecule has 0 saturated carbocycles. The summed E-state index contributed by atoms with van der Waals surface area (Å²) in [6.45, 7) is 2.15. The van der Waals surface area contributed by atoms with Crippen molar-refractivity contribution in [2.75, 3.05) is 7.11 Å². The summed E-state index contributed by atoms with van der Waals surface area (Å²) in [5, 5.41) is 0. The predicted octanol–water partition coefficient (Wildman–Crippen LogP) is 2.81. The highest BCUT2D eigenvalue weighted by molar-refractivity contribution is 9.10. The molecule has 12 heavy (non-hydrogen) atoms. The van der Waals surface area contributed by atoms with E-state index in [1.165, 1.54) is 5.56 Å². The Labute approximate surface area is 81.1 Å². The summed E-state index contributed by atoms with van der Waals surface area (Å²) >= 11 is 3.31. The van der Waals surface area contributed by atoms with E-state index in [1.54, 1.807) is 7.11 Å². The summed E-state index contributed by atoms with van der Waals surface area (Å²) in [6.07, 6.45) is 4.05. The molecule has 1 aromatic heterocycles. The first kappa shape index (κ1) is 9.52. The highest BCUT2D eigenvalue weighted by Crippen LogP contribution is 2.23. The Bertz CT molecular complexity index is 263. The predicted molar refractivity (Wildman–Crippen MR) is 52.5 cm³/mol. The Kier molecular flexibility index (Phi) is 3.53. The molecule has 1 heterocycles. The Morgan fingerprint density at radius 1 is 1.58 bits per heavy atom. The maximum Gasteiger partial charge on any atom is 0.151 e. The number of aryl methyl sites for hydroxylation is 1. The van der Waals surface area contributed by atoms with Crippen molar-refractivity contribution in [2.45, 2.75) is 19.8 Å². The van der Waals surface area contributed by atoms with E-state index in [0.29, 0.717) is 0 Å². The third kappa shape index (κ3) is 2.21. The number of rotatable bonds is 3. The largest absolute Gasteiger partial charge is 0.494 e. The second kappa shape index (κ2) is 4.45. The molecular weight excluding hydrogens is 218 g/mol. The third-order valence-electron chi connectivity index (χ3n) is 1.62. The minimum Gasteiger partial charge on any atom is -0.494 e. The number of ether oxygens (including phenoxy) is 1. The van der Waals surface area contributed by atoms with E-state index in [0.717, 1.165) is 23.2 Å². The van der Waals surface area contributed by atoms with Crippen LogP contribution in [-0.4, -0.2) is 12.1 Å². The molecule has 2 nitrogen and oxygen atoms in total. The lowest BCUT2D eigenvalue weighted by molar-refractivity contribution is 0.409. The fraction of sp³-hybridized carbons (Fsp3) is 0.444. The number of hydrogen-bond donors (Lipinski definition) is 0. The monoisotopic (exact) mass is 229 g/mol. The van der Waals surface area contributed by atoms with Gasteiger partial charge in [0.2, 0.25) is 0 Å². The van der Waals surface area contributed by atoms with E-state index in [-0.39, 0.29) is 0 Å². The Morgan fingerprint density at radius 2 is 2.33 bits per heavy atom. The van der Waals surface area contributed by atoms with Crippen LogP contribution in [0.25, 0.3) is 0 Å². The molecule has 0 aliphatic carbocycles. The maximum atomic E-state index is 5.12. The molecule has 0 unspecified atom stereocenters. The number of aromatic nitrogens is 1. The van der Waals surface area contributed by atoms with Crippen LogP contribution in [0.5, 0.6) is 5.75 Å². The van der Waals surface area contributed by atoms with E-state index in [9.17, 15) is 0 Å². The summed E-state index contributed by atoms with van der Waals surface area (Å²) in [6, 6.07) is 2.01. The zero-order chi connectivity index (χ0) is 8.97. The van der Waals surface area contributed by atoms with E-state index in [1.807, 2.05) is 12.3 Å². The number of methoxy groups -OCH3 is 1. The van der Waals surface area contributed by atoms with Crippen LogP contribution in [0.2, 0.25) is 0 Å². The molecule has 0 amide bonds. The lowest BCUT2D eigenvalue weighted by Crippen LogP contribution is -1.91. The van der Waals surface area contributed by atoms with Crippen molar-refractivity contribution in [3.05, 3.63) is 22.4 Å². The number of nitrogens with zero attached hydrogens (tertiary/aromatic N) is 1. The average molecular weight is 230 g/mol. The summed E-state index contributed by atoms with van der Waals surface area (Å²) < 4.78 is 5.89. The van der Waals surface area contributed by atoms with Gasteiger partial charge in [-0.2, -0.15) is 0 Å². The van der Waals surface area contributed by atoms with Crippen LogP contribution in [0.3, 0.4) is 0 Å². The van der Waals surface area contributed by atoms with E-state index in [4.69, 9.17) is 4.74 Å². The van der Waals surface area contributed by atoms with Gasteiger partial charge in [0.1, 0.15) is 4.60 Å². The van der Waals surface area contributed by atoms with Gasteiger partial charge in [0.25, 0.3) is 0 Å². The molecule has 0 aromatic carbocycles. The van der Waals surface area contributed by atoms with E-state index < -0.39 is 0 Å². The van der Waals surface area contributed by atoms with Gasteiger partial charge in [-0.1, -0.05) is 13.3 Å². The standard InChI is InChI=1S/C9H12BrNO/c1-3-4-7-5-8(12-2)9(10)11-6-7/h5-6H,3-4H2,1-2H3. The summed E-state index contributed by atoms with van der Waals surface area (Å²) in [4.78, 5) is 4.16. The van der Waals surface area contributed by atoms with Crippen LogP contribution in [-0.2, 0) is 6.42 Å². The first-order valence-electron chi connectivity index (χ1n) is 3.96. The van der Waals surface area contributed by atoms with Gasteiger partial charge in [-0.3, -0.25) is 0 Å². The summed E-state index contributed by atoms with van der Waals surface area (Å²) in [5.41, 5.74) is 1.22. The fourth-order valence-electron chi connectivity index (χ4n) is 1.04. The normalized spacial score (nSPS) is 9.92. The molecule has 0 atom stereocenters. The van der Waals surface area contributed by atoms with Crippen molar-refractivity contribution in [3.8, 4) is 5.75 Å². The minimum atomic E-state index is 0.768. The van der Waals surface area contributed by atoms with Crippen LogP contribution in [0, 0.1) is 0 Å². The van der Waals surface area contributed by atoms with E-state index in [2.05, 4.69) is 27.8 Å². The van der Waals surface area contributed by atoms with Gasteiger partial charge >= 0.3 is 0 Å². The minimum absolute atomic E-state index is 0.768. The molecule has 0 fully saturated rings. The zero-order valence-electron chi connectivity index (χ0n) is 7.30. The summed E-state index contributed by atoms with van der Waals surface area (Å²) in [5.74, 6) is 0.806. The second-order valence-electron chi connectivity index (χ2n) is 2.59. The van der Waals surface area contributed by atoms with Gasteiger partial charge in [0.05, 0.1) is 7.11 Å². The van der Waals surface area contributed by atoms with Crippen LogP contribution < -0.4 is 4.74 Å². The molecule has 0 saturated heterocycles. The Morgan fingerprint density at radius 3 is 2.92 bits per heavy atom. The molecule has 0 radical (unpaired) electrons. The molecule has 3 heteroatoms. The van der Waals surface area contributed by atoms with Gasteiger partial charge in [0.15, 0.2) is 5.75 Å². The van der Waals surface area contributed by atoms with Gasteiger partial charge in [-0.15, -0.1) is 0 Å². The van der Waals surface area contributed by atoms with Crippen molar-refractivity contribution in [2.24, 2.45) is 0 Å². The van der Waals surface area contributed by atoms with Gasteiger partial charge in [-0.05, 0) is 34.0 Å². The van der Waals surface area contributed by atoms with Gasteiger partial charge < -0.3 is 4.74 Å². The lowest BCUT2D eigenvalue weighted by atomic mass is 10.2. The highest BCUT2D eigenvalue weighted by atomic mass is 79.9. The number of pyridine rings is 1. The molecule has 1 aromatic rings. The van der Waals surface area contributed by atoms with Gasteiger partial charge in [-0.25, -0.2) is 4.98 Å². The molecule has 0 bridgehead atoms. The van der Waals surface area contributed by atoms with Crippen LogP contribution in [0.4, 0.5) is 0 Å². The lowest BCUT2D eigenvalue weighted by Gasteiger charge is -2.04. The molecule has 0 aliphatic heterocycles. The topological polar surface area (TPSA) is 22.1 Å². The Balaban J connectivity index is 2.89. The van der Waals surface area contributed by atoms with E-state index >= 15 is 0 Å². The van der Waals surface area contributed by atoms with Crippen molar-refractivity contribution in [3.63, 3.8) is 0 Å². The van der Waals surface area contributed by atoms with Crippen molar-refractivity contribution >= 4 is 15.9 Å². The zero-order valence-corrected chi connectivity index (χ0v) is 8.89. The molecule has 66 valence electrons. The van der Waals surface area contributed by atoms with Crippen molar-refractivity contribution in [1.29, 1.82) is 0 Å². The number of hydrogen-bond acceptors (Lipinski definition) is 2. The highest BCUT2D eigenvalue weighted by Gasteiger charge is 2.01. The van der Waals surface area contributed by atoms with Crippen LogP contribution in [0.1, 0.15) is 18.9 Å². The molecule has 1 rings (SSSR count). The molecule has 0 aliphatic rings. The first-order valence-corrected chi connectivity index (χ1v) is 4.75. The maximum absolute atomic E-state index is 5.12. The number of halogens is 1. The smallest absolute Gasteiger partial charge is 0.151 e. The van der Waals surface area contributed by atoms with Crippen molar-refractivity contribution in [1.82, 2.24) is 4.98 Å².